The molecule has 0 saturated carbocycles. The quantitative estimate of drug-likeness (QED) is 0.422. The summed E-state index contributed by atoms with van der Waals surface area (Å²) in [5.41, 5.74) is 0. The zero-order valence-corrected chi connectivity index (χ0v) is 13.0. The standard InChI is InChI=1S/C15H26OS2/c17-13-7-5-3-1-2-4-6-11-16-12-10-15-9-8-14-18-15/h8-9,14,17H,1-7,10-13H2. The Kier molecular flexibility index (Phi) is 10.8. The number of hydrogen-bond donors (Lipinski definition) is 1. The van der Waals surface area contributed by atoms with Crippen molar-refractivity contribution in [3.05, 3.63) is 22.4 Å². The van der Waals surface area contributed by atoms with Crippen LogP contribution in [0.5, 0.6) is 0 Å². The van der Waals surface area contributed by atoms with E-state index in [4.69, 9.17) is 4.74 Å². The summed E-state index contributed by atoms with van der Waals surface area (Å²) < 4.78 is 5.65. The molecule has 1 aromatic heterocycles. The average molecular weight is 287 g/mol. The molecule has 104 valence electrons. The van der Waals surface area contributed by atoms with E-state index in [1.54, 1.807) is 0 Å². The van der Waals surface area contributed by atoms with Crippen LogP contribution in [0.4, 0.5) is 0 Å². The van der Waals surface area contributed by atoms with E-state index in [1.165, 1.54) is 49.8 Å². The summed E-state index contributed by atoms with van der Waals surface area (Å²) in [5.74, 6) is 1.04. The van der Waals surface area contributed by atoms with Gasteiger partial charge in [-0.15, -0.1) is 11.3 Å². The second-order valence-electron chi connectivity index (χ2n) is 4.64. The molecule has 1 heterocycles. The van der Waals surface area contributed by atoms with Crippen molar-refractivity contribution in [1.29, 1.82) is 0 Å². The lowest BCUT2D eigenvalue weighted by molar-refractivity contribution is 0.133. The van der Waals surface area contributed by atoms with E-state index in [9.17, 15) is 0 Å². The zero-order chi connectivity index (χ0) is 12.9. The van der Waals surface area contributed by atoms with Gasteiger partial charge in [-0.2, -0.15) is 12.6 Å². The van der Waals surface area contributed by atoms with Crippen molar-refractivity contribution in [2.24, 2.45) is 0 Å². The monoisotopic (exact) mass is 286 g/mol. The molecule has 0 aromatic carbocycles. The molecule has 0 fully saturated rings. The van der Waals surface area contributed by atoms with Crippen molar-refractivity contribution in [2.45, 2.75) is 51.4 Å². The first-order chi connectivity index (χ1) is 8.93. The van der Waals surface area contributed by atoms with E-state index in [2.05, 4.69) is 30.1 Å². The van der Waals surface area contributed by atoms with Crippen molar-refractivity contribution in [3.63, 3.8) is 0 Å². The summed E-state index contributed by atoms with van der Waals surface area (Å²) in [6.07, 6.45) is 10.3. The van der Waals surface area contributed by atoms with Gasteiger partial charge in [-0.1, -0.05) is 38.2 Å². The first kappa shape index (κ1) is 16.1. The highest BCUT2D eigenvalue weighted by Crippen LogP contribution is 2.10. The number of hydrogen-bond acceptors (Lipinski definition) is 3. The van der Waals surface area contributed by atoms with Gasteiger partial charge < -0.3 is 4.74 Å². The molecule has 0 unspecified atom stereocenters. The van der Waals surface area contributed by atoms with Crippen molar-refractivity contribution in [1.82, 2.24) is 0 Å². The fraction of sp³-hybridized carbons (Fsp3) is 0.733. The van der Waals surface area contributed by atoms with Crippen molar-refractivity contribution in [2.75, 3.05) is 19.0 Å². The molecule has 0 spiro atoms. The lowest BCUT2D eigenvalue weighted by Crippen LogP contribution is -1.99. The summed E-state index contributed by atoms with van der Waals surface area (Å²) in [4.78, 5) is 1.43. The Morgan fingerprint density at radius 2 is 1.67 bits per heavy atom. The predicted molar refractivity (Wildman–Crippen MR) is 85.0 cm³/mol. The lowest BCUT2D eigenvalue weighted by Gasteiger charge is -2.03. The Balaban J connectivity index is 1.73. The molecule has 0 saturated heterocycles. The molecule has 0 aliphatic heterocycles. The van der Waals surface area contributed by atoms with Gasteiger partial charge in [-0.3, -0.25) is 0 Å². The summed E-state index contributed by atoms with van der Waals surface area (Å²) >= 11 is 6.04. The molecule has 18 heavy (non-hydrogen) atoms. The van der Waals surface area contributed by atoms with E-state index in [0.29, 0.717) is 0 Å². The minimum absolute atomic E-state index is 0.877. The maximum absolute atomic E-state index is 5.65. The molecule has 0 N–H and O–H groups in total. The highest BCUT2D eigenvalue weighted by molar-refractivity contribution is 7.80. The van der Waals surface area contributed by atoms with Crippen LogP contribution in [-0.4, -0.2) is 19.0 Å². The van der Waals surface area contributed by atoms with Crippen LogP contribution in [-0.2, 0) is 11.2 Å². The minimum atomic E-state index is 0.877. The normalized spacial score (nSPS) is 10.9. The second-order valence-corrected chi connectivity index (χ2v) is 6.12. The molecule has 0 aliphatic carbocycles. The Bertz CT molecular complexity index is 259. The molecular weight excluding hydrogens is 260 g/mol. The van der Waals surface area contributed by atoms with Gasteiger partial charge in [0.1, 0.15) is 0 Å². The van der Waals surface area contributed by atoms with Gasteiger partial charge in [0, 0.05) is 17.9 Å². The fourth-order valence-electron chi connectivity index (χ4n) is 1.93. The third kappa shape index (κ3) is 9.01. The van der Waals surface area contributed by atoms with Gasteiger partial charge in [-0.25, -0.2) is 0 Å². The number of rotatable bonds is 12. The largest absolute Gasteiger partial charge is 0.381 e. The Hall–Kier alpha value is 0.01000. The molecule has 0 atom stereocenters. The fourth-order valence-corrected chi connectivity index (χ4v) is 2.84. The van der Waals surface area contributed by atoms with Crippen molar-refractivity contribution in [3.8, 4) is 0 Å². The zero-order valence-electron chi connectivity index (χ0n) is 11.3. The van der Waals surface area contributed by atoms with Gasteiger partial charge in [0.2, 0.25) is 0 Å². The average Bonchev–Trinajstić information content (AvgIpc) is 2.89. The first-order valence-electron chi connectivity index (χ1n) is 7.14. The van der Waals surface area contributed by atoms with Crippen LogP contribution in [0.2, 0.25) is 0 Å². The number of unbranched alkanes of at least 4 members (excludes halogenated alkanes) is 6. The van der Waals surface area contributed by atoms with E-state index >= 15 is 0 Å². The third-order valence-electron chi connectivity index (χ3n) is 3.02. The summed E-state index contributed by atoms with van der Waals surface area (Å²) in [6.45, 7) is 1.81. The molecule has 0 aliphatic rings. The second kappa shape index (κ2) is 12.1. The maximum Gasteiger partial charge on any atom is 0.0514 e. The van der Waals surface area contributed by atoms with Crippen molar-refractivity contribution < 1.29 is 4.74 Å². The molecule has 0 bridgehead atoms. The molecule has 1 aromatic rings. The lowest BCUT2D eigenvalue weighted by atomic mass is 10.1. The van der Waals surface area contributed by atoms with Gasteiger partial charge in [0.05, 0.1) is 6.61 Å². The maximum atomic E-state index is 5.65. The molecule has 1 nitrogen and oxygen atoms in total. The topological polar surface area (TPSA) is 9.23 Å². The third-order valence-corrected chi connectivity index (χ3v) is 4.27. The molecular formula is C15H26OS2. The highest BCUT2D eigenvalue weighted by atomic mass is 32.1. The van der Waals surface area contributed by atoms with Crippen LogP contribution < -0.4 is 0 Å². The summed E-state index contributed by atoms with van der Waals surface area (Å²) in [6, 6.07) is 4.28. The number of ether oxygens (including phenoxy) is 1. The van der Waals surface area contributed by atoms with Crippen LogP contribution in [0, 0.1) is 0 Å². The van der Waals surface area contributed by atoms with E-state index < -0.39 is 0 Å². The molecule has 0 radical (unpaired) electrons. The van der Waals surface area contributed by atoms with Crippen LogP contribution >= 0.6 is 24.0 Å². The van der Waals surface area contributed by atoms with Gasteiger partial charge in [0.15, 0.2) is 0 Å². The van der Waals surface area contributed by atoms with Gasteiger partial charge in [-0.05, 0) is 30.0 Å². The van der Waals surface area contributed by atoms with Crippen LogP contribution in [0.1, 0.15) is 49.8 Å². The molecule has 1 rings (SSSR count). The Morgan fingerprint density at radius 1 is 0.944 bits per heavy atom. The summed E-state index contributed by atoms with van der Waals surface area (Å²) in [5, 5.41) is 2.13. The van der Waals surface area contributed by atoms with E-state index in [1.807, 2.05) is 11.3 Å². The van der Waals surface area contributed by atoms with Gasteiger partial charge >= 0.3 is 0 Å². The smallest absolute Gasteiger partial charge is 0.0514 e. The van der Waals surface area contributed by atoms with E-state index in [-0.39, 0.29) is 0 Å². The minimum Gasteiger partial charge on any atom is -0.381 e. The Morgan fingerprint density at radius 3 is 2.33 bits per heavy atom. The molecule has 0 amide bonds. The number of thiol groups is 1. The summed E-state index contributed by atoms with van der Waals surface area (Å²) in [7, 11) is 0. The van der Waals surface area contributed by atoms with E-state index in [0.717, 1.165) is 25.4 Å². The van der Waals surface area contributed by atoms with Crippen LogP contribution in [0.15, 0.2) is 17.5 Å². The van der Waals surface area contributed by atoms with Crippen LogP contribution in [0.3, 0.4) is 0 Å². The van der Waals surface area contributed by atoms with Crippen LogP contribution in [0.25, 0.3) is 0 Å². The van der Waals surface area contributed by atoms with Gasteiger partial charge in [0.25, 0.3) is 0 Å². The highest BCUT2D eigenvalue weighted by Gasteiger charge is 1.95. The Labute approximate surface area is 121 Å². The SMILES string of the molecule is SCCCCCCCCCOCCc1cccs1. The predicted octanol–water partition coefficient (Wildman–Crippen LogP) is 4.97. The van der Waals surface area contributed by atoms with Crippen molar-refractivity contribution >= 4 is 24.0 Å². The molecule has 3 heteroatoms. The number of thiophene rings is 1. The first-order valence-corrected chi connectivity index (χ1v) is 8.65.